The van der Waals surface area contributed by atoms with Gasteiger partial charge in [0.05, 0.1) is 5.33 Å². The summed E-state index contributed by atoms with van der Waals surface area (Å²) in [6, 6.07) is 0. The van der Waals surface area contributed by atoms with E-state index in [0.29, 0.717) is 5.33 Å². The smallest absolute Gasteiger partial charge is 0.226 e. The first-order chi connectivity index (χ1) is 5.38. The van der Waals surface area contributed by atoms with Crippen LogP contribution in [0.4, 0.5) is 0 Å². The lowest BCUT2D eigenvalue weighted by atomic mass is 10.3. The number of nitrogens with zero attached hydrogens (tertiary/aromatic N) is 2. The molecule has 0 aromatic carbocycles. The topological polar surface area (TPSA) is 38.9 Å². The van der Waals surface area contributed by atoms with E-state index in [1.54, 1.807) is 0 Å². The van der Waals surface area contributed by atoms with E-state index in [9.17, 15) is 0 Å². The molecule has 1 aromatic heterocycles. The predicted molar refractivity (Wildman–Crippen MR) is 43.4 cm³/mol. The van der Waals surface area contributed by atoms with E-state index in [1.807, 2.05) is 0 Å². The van der Waals surface area contributed by atoms with Crippen LogP contribution in [0.5, 0.6) is 0 Å². The number of hydrogen-bond acceptors (Lipinski definition) is 3. The molecule has 1 aliphatic carbocycles. The molecule has 0 atom stereocenters. The van der Waals surface area contributed by atoms with Gasteiger partial charge in [0, 0.05) is 6.42 Å². The Hall–Kier alpha value is -0.380. The maximum absolute atomic E-state index is 5.02. The molecule has 0 spiro atoms. The lowest BCUT2D eigenvalue weighted by Crippen LogP contribution is -1.87. The third-order valence-electron chi connectivity index (χ3n) is 1.79. The van der Waals surface area contributed by atoms with Crippen molar-refractivity contribution in [3.05, 3.63) is 11.7 Å². The Kier molecular flexibility index (Phi) is 1.94. The number of rotatable bonds is 3. The van der Waals surface area contributed by atoms with Gasteiger partial charge in [0.15, 0.2) is 5.82 Å². The number of hydrogen-bond donors (Lipinski definition) is 0. The van der Waals surface area contributed by atoms with Crippen LogP contribution in [0.25, 0.3) is 0 Å². The minimum atomic E-state index is 0.682. The molecule has 0 aliphatic heterocycles. The lowest BCUT2D eigenvalue weighted by Gasteiger charge is -1.85. The third kappa shape index (κ3) is 1.80. The van der Waals surface area contributed by atoms with Gasteiger partial charge in [-0.05, 0) is 18.8 Å². The molecule has 0 bridgehead atoms. The van der Waals surface area contributed by atoms with Crippen molar-refractivity contribution in [1.29, 1.82) is 0 Å². The van der Waals surface area contributed by atoms with Gasteiger partial charge in [0.1, 0.15) is 0 Å². The number of alkyl halides is 1. The summed E-state index contributed by atoms with van der Waals surface area (Å²) >= 11 is 3.27. The largest absolute Gasteiger partial charge is 0.339 e. The molecule has 1 aliphatic rings. The minimum absolute atomic E-state index is 0.682. The zero-order chi connectivity index (χ0) is 7.68. The van der Waals surface area contributed by atoms with E-state index in [1.165, 1.54) is 12.8 Å². The maximum Gasteiger partial charge on any atom is 0.226 e. The summed E-state index contributed by atoms with van der Waals surface area (Å²) in [4.78, 5) is 4.18. The summed E-state index contributed by atoms with van der Waals surface area (Å²) in [5.74, 6) is 2.36. The summed E-state index contributed by atoms with van der Waals surface area (Å²) in [6.45, 7) is 0. The molecule has 0 N–H and O–H groups in total. The van der Waals surface area contributed by atoms with Gasteiger partial charge in [-0.25, -0.2) is 0 Å². The standard InChI is InChI=1S/C7H9BrN2O/c8-4-6-9-7(11-10-6)3-5-1-2-5/h5H,1-4H2. The maximum atomic E-state index is 5.02. The summed E-state index contributed by atoms with van der Waals surface area (Å²) in [5.41, 5.74) is 0. The van der Waals surface area contributed by atoms with E-state index >= 15 is 0 Å². The fourth-order valence-electron chi connectivity index (χ4n) is 0.996. The quantitative estimate of drug-likeness (QED) is 0.726. The molecule has 0 unspecified atom stereocenters. The Morgan fingerprint density at radius 1 is 1.55 bits per heavy atom. The van der Waals surface area contributed by atoms with Crippen molar-refractivity contribution in [2.45, 2.75) is 24.6 Å². The van der Waals surface area contributed by atoms with Crippen molar-refractivity contribution in [1.82, 2.24) is 10.1 Å². The highest BCUT2D eigenvalue weighted by Gasteiger charge is 2.24. The van der Waals surface area contributed by atoms with Crippen LogP contribution in [0.2, 0.25) is 0 Å². The van der Waals surface area contributed by atoms with Crippen LogP contribution < -0.4 is 0 Å². The SMILES string of the molecule is BrCc1noc(CC2CC2)n1. The molecular weight excluding hydrogens is 208 g/mol. The Labute approximate surface area is 73.3 Å². The second kappa shape index (κ2) is 2.93. The molecule has 1 saturated carbocycles. The van der Waals surface area contributed by atoms with E-state index in [-0.39, 0.29) is 0 Å². The van der Waals surface area contributed by atoms with Crippen molar-refractivity contribution < 1.29 is 4.52 Å². The molecule has 4 heteroatoms. The predicted octanol–water partition coefficient (Wildman–Crippen LogP) is 1.92. The zero-order valence-corrected chi connectivity index (χ0v) is 7.67. The Morgan fingerprint density at radius 2 is 2.36 bits per heavy atom. The first-order valence-corrected chi connectivity index (χ1v) is 4.88. The second-order valence-electron chi connectivity index (χ2n) is 2.89. The zero-order valence-electron chi connectivity index (χ0n) is 6.09. The average molecular weight is 217 g/mol. The highest BCUT2D eigenvalue weighted by molar-refractivity contribution is 9.08. The molecule has 11 heavy (non-hydrogen) atoms. The van der Waals surface area contributed by atoms with Gasteiger partial charge in [0.25, 0.3) is 0 Å². The van der Waals surface area contributed by atoms with Gasteiger partial charge in [-0.2, -0.15) is 4.98 Å². The van der Waals surface area contributed by atoms with Crippen molar-refractivity contribution in [3.8, 4) is 0 Å². The van der Waals surface area contributed by atoms with E-state index in [0.717, 1.165) is 24.1 Å². The van der Waals surface area contributed by atoms with Gasteiger partial charge in [-0.1, -0.05) is 21.1 Å². The Balaban J connectivity index is 1.99. The van der Waals surface area contributed by atoms with Gasteiger partial charge < -0.3 is 4.52 Å². The monoisotopic (exact) mass is 216 g/mol. The third-order valence-corrected chi connectivity index (χ3v) is 2.29. The molecule has 1 fully saturated rings. The average Bonchev–Trinajstić information content (AvgIpc) is 2.68. The Bertz CT molecular complexity index is 244. The fraction of sp³-hybridized carbons (Fsp3) is 0.714. The highest BCUT2D eigenvalue weighted by atomic mass is 79.9. The Morgan fingerprint density at radius 3 is 2.91 bits per heavy atom. The van der Waals surface area contributed by atoms with Gasteiger partial charge in [-0.15, -0.1) is 0 Å². The van der Waals surface area contributed by atoms with Crippen LogP contribution in [-0.2, 0) is 11.8 Å². The van der Waals surface area contributed by atoms with E-state index in [4.69, 9.17) is 4.52 Å². The summed E-state index contributed by atoms with van der Waals surface area (Å²) in [6.07, 6.45) is 3.62. The number of halogens is 1. The molecular formula is C7H9BrN2O. The molecule has 1 heterocycles. The van der Waals surface area contributed by atoms with Crippen molar-refractivity contribution >= 4 is 15.9 Å². The van der Waals surface area contributed by atoms with E-state index < -0.39 is 0 Å². The van der Waals surface area contributed by atoms with Crippen LogP contribution in [-0.4, -0.2) is 10.1 Å². The minimum Gasteiger partial charge on any atom is -0.339 e. The van der Waals surface area contributed by atoms with Crippen LogP contribution in [0.15, 0.2) is 4.52 Å². The molecule has 60 valence electrons. The van der Waals surface area contributed by atoms with Crippen LogP contribution in [0, 0.1) is 5.92 Å². The van der Waals surface area contributed by atoms with Crippen LogP contribution >= 0.6 is 15.9 Å². The molecule has 1 aromatic rings. The van der Waals surface area contributed by atoms with Gasteiger partial charge >= 0.3 is 0 Å². The molecule has 0 saturated heterocycles. The fourth-order valence-corrected chi connectivity index (χ4v) is 1.22. The normalized spacial score (nSPS) is 17.2. The second-order valence-corrected chi connectivity index (χ2v) is 3.45. The summed E-state index contributed by atoms with van der Waals surface area (Å²) in [7, 11) is 0. The van der Waals surface area contributed by atoms with Crippen LogP contribution in [0.1, 0.15) is 24.6 Å². The molecule has 0 amide bonds. The molecule has 0 radical (unpaired) electrons. The summed E-state index contributed by atoms with van der Waals surface area (Å²) < 4.78 is 5.02. The molecule has 3 nitrogen and oxygen atoms in total. The lowest BCUT2D eigenvalue weighted by molar-refractivity contribution is 0.369. The van der Waals surface area contributed by atoms with Crippen LogP contribution in [0.3, 0.4) is 0 Å². The summed E-state index contributed by atoms with van der Waals surface area (Å²) in [5, 5.41) is 4.46. The molecule has 2 rings (SSSR count). The first-order valence-electron chi connectivity index (χ1n) is 3.76. The first kappa shape index (κ1) is 7.28. The van der Waals surface area contributed by atoms with Crippen molar-refractivity contribution in [3.63, 3.8) is 0 Å². The van der Waals surface area contributed by atoms with Gasteiger partial charge in [-0.3, -0.25) is 0 Å². The van der Waals surface area contributed by atoms with Crippen molar-refractivity contribution in [2.75, 3.05) is 0 Å². The van der Waals surface area contributed by atoms with Gasteiger partial charge in [0.2, 0.25) is 5.89 Å². The highest BCUT2D eigenvalue weighted by Crippen LogP contribution is 2.31. The van der Waals surface area contributed by atoms with E-state index in [2.05, 4.69) is 26.1 Å². The van der Waals surface area contributed by atoms with Crippen molar-refractivity contribution in [2.24, 2.45) is 5.92 Å². The number of aromatic nitrogens is 2.